The molecule has 0 bridgehead atoms. The SMILES string of the molecule is O=C(O)c1cc(-c2ccc(Cl)cc2)c2ccccn2c1=O. The zero-order valence-electron chi connectivity index (χ0n) is 10.8. The molecule has 104 valence electrons. The van der Waals surface area contributed by atoms with Crippen molar-refractivity contribution in [2.45, 2.75) is 0 Å². The summed E-state index contributed by atoms with van der Waals surface area (Å²) < 4.78 is 1.34. The van der Waals surface area contributed by atoms with E-state index in [9.17, 15) is 14.7 Å². The topological polar surface area (TPSA) is 58.8 Å². The molecule has 3 aromatic rings. The highest BCUT2D eigenvalue weighted by molar-refractivity contribution is 6.30. The van der Waals surface area contributed by atoms with Crippen molar-refractivity contribution in [2.24, 2.45) is 0 Å². The van der Waals surface area contributed by atoms with Crippen LogP contribution >= 0.6 is 11.6 Å². The van der Waals surface area contributed by atoms with Gasteiger partial charge < -0.3 is 5.11 Å². The Morgan fingerprint density at radius 2 is 1.81 bits per heavy atom. The molecule has 21 heavy (non-hydrogen) atoms. The molecule has 0 spiro atoms. The Labute approximate surface area is 124 Å². The van der Waals surface area contributed by atoms with E-state index in [0.29, 0.717) is 16.1 Å². The molecular formula is C16H10ClNO3. The van der Waals surface area contributed by atoms with Gasteiger partial charge in [-0.05, 0) is 35.9 Å². The van der Waals surface area contributed by atoms with E-state index in [0.717, 1.165) is 5.56 Å². The van der Waals surface area contributed by atoms with Crippen LogP contribution in [0.25, 0.3) is 16.6 Å². The number of nitrogens with zero attached hydrogens (tertiary/aromatic N) is 1. The van der Waals surface area contributed by atoms with E-state index in [-0.39, 0.29) is 5.56 Å². The van der Waals surface area contributed by atoms with E-state index in [1.54, 1.807) is 48.7 Å². The van der Waals surface area contributed by atoms with E-state index >= 15 is 0 Å². The molecule has 3 rings (SSSR count). The standard InChI is InChI=1S/C16H10ClNO3/c17-11-6-4-10(5-7-11)12-9-13(16(20)21)15(19)18-8-2-1-3-14(12)18/h1-9H,(H,20,21). The van der Waals surface area contributed by atoms with E-state index in [1.807, 2.05) is 0 Å². The lowest BCUT2D eigenvalue weighted by Gasteiger charge is -2.09. The largest absolute Gasteiger partial charge is 0.477 e. The first-order chi connectivity index (χ1) is 10.1. The highest BCUT2D eigenvalue weighted by Gasteiger charge is 2.15. The van der Waals surface area contributed by atoms with Gasteiger partial charge in [0.25, 0.3) is 5.56 Å². The molecule has 0 aliphatic heterocycles. The fourth-order valence-corrected chi connectivity index (χ4v) is 2.39. The van der Waals surface area contributed by atoms with Gasteiger partial charge in [0.2, 0.25) is 0 Å². The number of halogens is 1. The van der Waals surface area contributed by atoms with Crippen molar-refractivity contribution in [3.8, 4) is 11.1 Å². The monoisotopic (exact) mass is 299 g/mol. The number of aromatic nitrogens is 1. The number of fused-ring (bicyclic) bond motifs is 1. The molecular weight excluding hydrogens is 290 g/mol. The lowest BCUT2D eigenvalue weighted by atomic mass is 10.0. The van der Waals surface area contributed by atoms with Gasteiger partial charge in [0.1, 0.15) is 5.56 Å². The second kappa shape index (κ2) is 5.07. The van der Waals surface area contributed by atoms with Crippen LogP contribution in [0.15, 0.2) is 59.5 Å². The molecule has 0 atom stereocenters. The average molecular weight is 300 g/mol. The molecule has 0 fully saturated rings. The van der Waals surface area contributed by atoms with Crippen LogP contribution in [0, 0.1) is 0 Å². The molecule has 0 radical (unpaired) electrons. The predicted molar refractivity (Wildman–Crippen MR) is 81.1 cm³/mol. The first-order valence-electron chi connectivity index (χ1n) is 6.21. The third-order valence-corrected chi connectivity index (χ3v) is 3.51. The van der Waals surface area contributed by atoms with E-state index in [1.165, 1.54) is 10.5 Å². The lowest BCUT2D eigenvalue weighted by Crippen LogP contribution is -2.22. The van der Waals surface area contributed by atoms with Gasteiger partial charge in [-0.1, -0.05) is 29.8 Å². The maximum absolute atomic E-state index is 12.2. The van der Waals surface area contributed by atoms with Crippen LogP contribution in [0.5, 0.6) is 0 Å². The number of hydrogen-bond acceptors (Lipinski definition) is 2. The van der Waals surface area contributed by atoms with Crippen LogP contribution in [0.2, 0.25) is 5.02 Å². The van der Waals surface area contributed by atoms with Gasteiger partial charge >= 0.3 is 5.97 Å². The van der Waals surface area contributed by atoms with Gasteiger partial charge in [0.15, 0.2) is 0 Å². The molecule has 4 nitrogen and oxygen atoms in total. The lowest BCUT2D eigenvalue weighted by molar-refractivity contribution is 0.0695. The van der Waals surface area contributed by atoms with Crippen molar-refractivity contribution in [3.05, 3.63) is 75.7 Å². The minimum Gasteiger partial charge on any atom is -0.477 e. The maximum Gasteiger partial charge on any atom is 0.341 e. The van der Waals surface area contributed by atoms with Gasteiger partial charge in [-0.15, -0.1) is 0 Å². The number of carbonyl (C=O) groups is 1. The number of hydrogen-bond donors (Lipinski definition) is 1. The maximum atomic E-state index is 12.2. The Morgan fingerprint density at radius 1 is 1.10 bits per heavy atom. The van der Waals surface area contributed by atoms with Crippen molar-refractivity contribution in [2.75, 3.05) is 0 Å². The second-order valence-electron chi connectivity index (χ2n) is 4.54. The van der Waals surface area contributed by atoms with Crippen LogP contribution in [-0.4, -0.2) is 15.5 Å². The Balaban J connectivity index is 2.41. The van der Waals surface area contributed by atoms with Crippen LogP contribution in [0.4, 0.5) is 0 Å². The Hall–Kier alpha value is -2.59. The van der Waals surface area contributed by atoms with Gasteiger partial charge in [0.05, 0.1) is 5.52 Å². The van der Waals surface area contributed by atoms with Crippen LogP contribution in [0.3, 0.4) is 0 Å². The quantitative estimate of drug-likeness (QED) is 0.789. The molecule has 0 saturated heterocycles. The first-order valence-corrected chi connectivity index (χ1v) is 6.59. The summed E-state index contributed by atoms with van der Waals surface area (Å²) in [5.41, 5.74) is 1.31. The number of aromatic carboxylic acids is 1. The van der Waals surface area contributed by atoms with Crippen molar-refractivity contribution in [1.82, 2.24) is 4.40 Å². The van der Waals surface area contributed by atoms with E-state index in [2.05, 4.69) is 0 Å². The zero-order valence-corrected chi connectivity index (χ0v) is 11.5. The number of rotatable bonds is 2. The molecule has 0 saturated carbocycles. The number of carboxylic acids is 1. The fraction of sp³-hybridized carbons (Fsp3) is 0. The molecule has 5 heteroatoms. The van der Waals surface area contributed by atoms with Gasteiger partial charge in [-0.2, -0.15) is 0 Å². The highest BCUT2D eigenvalue weighted by Crippen LogP contribution is 2.26. The Bertz CT molecular complexity index is 898. The minimum absolute atomic E-state index is 0.261. The summed E-state index contributed by atoms with van der Waals surface area (Å²) in [5, 5.41) is 9.80. The normalized spacial score (nSPS) is 10.7. The van der Waals surface area contributed by atoms with E-state index in [4.69, 9.17) is 11.6 Å². The first kappa shape index (κ1) is 13.4. The third kappa shape index (κ3) is 2.30. The van der Waals surface area contributed by atoms with Crippen molar-refractivity contribution >= 4 is 23.1 Å². The second-order valence-corrected chi connectivity index (χ2v) is 4.98. The minimum atomic E-state index is -1.24. The van der Waals surface area contributed by atoms with Crippen LogP contribution < -0.4 is 5.56 Å². The molecule has 2 aromatic heterocycles. The number of benzene rings is 1. The van der Waals surface area contributed by atoms with Crippen molar-refractivity contribution in [3.63, 3.8) is 0 Å². The molecule has 1 aromatic carbocycles. The molecule has 0 aliphatic rings. The fourth-order valence-electron chi connectivity index (χ4n) is 2.26. The summed E-state index contributed by atoms with van der Waals surface area (Å²) in [6.07, 6.45) is 1.56. The number of pyridine rings is 2. The summed E-state index contributed by atoms with van der Waals surface area (Å²) in [4.78, 5) is 23.4. The van der Waals surface area contributed by atoms with Crippen LogP contribution in [0.1, 0.15) is 10.4 Å². The smallest absolute Gasteiger partial charge is 0.341 e. The Kier molecular flexibility index (Phi) is 3.23. The van der Waals surface area contributed by atoms with Crippen molar-refractivity contribution < 1.29 is 9.90 Å². The molecule has 0 unspecified atom stereocenters. The van der Waals surface area contributed by atoms with Gasteiger partial charge in [-0.25, -0.2) is 4.79 Å². The molecule has 0 aliphatic carbocycles. The highest BCUT2D eigenvalue weighted by atomic mass is 35.5. The Morgan fingerprint density at radius 3 is 2.48 bits per heavy atom. The van der Waals surface area contributed by atoms with Crippen LogP contribution in [-0.2, 0) is 0 Å². The van der Waals surface area contributed by atoms with Crippen molar-refractivity contribution in [1.29, 1.82) is 0 Å². The number of carboxylic acid groups (broad SMARTS) is 1. The molecule has 1 N–H and O–H groups in total. The summed E-state index contributed by atoms with van der Waals surface area (Å²) in [7, 11) is 0. The summed E-state index contributed by atoms with van der Waals surface area (Å²) >= 11 is 5.87. The average Bonchev–Trinajstić information content (AvgIpc) is 2.49. The summed E-state index contributed by atoms with van der Waals surface area (Å²) in [6.45, 7) is 0. The summed E-state index contributed by atoms with van der Waals surface area (Å²) in [6, 6.07) is 13.7. The molecule has 2 heterocycles. The third-order valence-electron chi connectivity index (χ3n) is 3.26. The molecule has 0 amide bonds. The van der Waals surface area contributed by atoms with Gasteiger partial charge in [-0.3, -0.25) is 9.20 Å². The zero-order chi connectivity index (χ0) is 15.0. The predicted octanol–water partition coefficient (Wildman–Crippen LogP) is 3.32. The van der Waals surface area contributed by atoms with E-state index < -0.39 is 11.5 Å². The van der Waals surface area contributed by atoms with Gasteiger partial charge in [0, 0.05) is 16.8 Å². The summed E-state index contributed by atoms with van der Waals surface area (Å²) in [5.74, 6) is -1.24.